The molecule has 0 aliphatic carbocycles. The average molecular weight is 215 g/mol. The first-order valence-corrected chi connectivity index (χ1v) is 3.78. The Balaban J connectivity index is 3.09. The van der Waals surface area contributed by atoms with Gasteiger partial charge >= 0.3 is 0 Å². The van der Waals surface area contributed by atoms with E-state index in [1.165, 1.54) is 0 Å². The van der Waals surface area contributed by atoms with Crippen LogP contribution in [-0.4, -0.2) is 6.29 Å². The van der Waals surface area contributed by atoms with Gasteiger partial charge in [-0.3, -0.25) is 10.6 Å². The molecule has 58 valence electrons. The van der Waals surface area contributed by atoms with Gasteiger partial charge in [0.15, 0.2) is 6.29 Å². The predicted molar refractivity (Wildman–Crippen MR) is 47.3 cm³/mol. The van der Waals surface area contributed by atoms with Crippen LogP contribution < -0.4 is 11.3 Å². The molecule has 0 radical (unpaired) electrons. The van der Waals surface area contributed by atoms with Crippen molar-refractivity contribution in [3.63, 3.8) is 0 Å². The molecule has 0 saturated carbocycles. The summed E-state index contributed by atoms with van der Waals surface area (Å²) in [7, 11) is 0. The Hall–Kier alpha value is -0.870. The monoisotopic (exact) mass is 214 g/mol. The van der Waals surface area contributed by atoms with E-state index in [9.17, 15) is 4.79 Å². The van der Waals surface area contributed by atoms with Crippen LogP contribution in [0.1, 0.15) is 10.4 Å². The first-order valence-electron chi connectivity index (χ1n) is 2.99. The van der Waals surface area contributed by atoms with Crippen LogP contribution in [0, 0.1) is 0 Å². The highest BCUT2D eigenvalue weighted by Crippen LogP contribution is 2.19. The van der Waals surface area contributed by atoms with Crippen molar-refractivity contribution in [1.82, 2.24) is 0 Å². The number of nitrogen functional groups attached to an aromatic ring is 1. The van der Waals surface area contributed by atoms with Gasteiger partial charge in [-0.15, -0.1) is 0 Å². The van der Waals surface area contributed by atoms with Crippen LogP contribution in [0.25, 0.3) is 0 Å². The second-order valence-electron chi connectivity index (χ2n) is 2.00. The van der Waals surface area contributed by atoms with Gasteiger partial charge in [0.1, 0.15) is 0 Å². The number of rotatable bonds is 2. The normalized spacial score (nSPS) is 9.27. The Kier molecular flexibility index (Phi) is 2.62. The molecule has 3 nitrogen and oxygen atoms in total. The number of nitrogens with two attached hydrogens (primary N) is 1. The second-order valence-corrected chi connectivity index (χ2v) is 2.85. The number of anilines is 1. The highest BCUT2D eigenvalue weighted by molar-refractivity contribution is 9.10. The zero-order valence-corrected chi connectivity index (χ0v) is 7.26. The summed E-state index contributed by atoms with van der Waals surface area (Å²) in [5.41, 5.74) is 3.85. The fourth-order valence-corrected chi connectivity index (χ4v) is 1.18. The zero-order chi connectivity index (χ0) is 8.27. The number of carbonyl (C=O) groups excluding carboxylic acids is 1. The minimum Gasteiger partial charge on any atom is -0.324 e. The minimum absolute atomic E-state index is 0.615. The largest absolute Gasteiger partial charge is 0.324 e. The molecule has 11 heavy (non-hydrogen) atoms. The number of halogens is 1. The number of nitrogens with one attached hydrogen (secondary N) is 1. The lowest BCUT2D eigenvalue weighted by atomic mass is 10.2. The molecule has 0 heterocycles. The van der Waals surface area contributed by atoms with Gasteiger partial charge in [0.2, 0.25) is 0 Å². The van der Waals surface area contributed by atoms with Crippen molar-refractivity contribution >= 4 is 27.9 Å². The Bertz CT molecular complexity index is 275. The second kappa shape index (κ2) is 3.50. The maximum atomic E-state index is 10.3. The van der Waals surface area contributed by atoms with Crippen LogP contribution in [0.15, 0.2) is 22.7 Å². The highest BCUT2D eigenvalue weighted by atomic mass is 79.9. The number of carbonyl (C=O) groups is 1. The Labute approximate surface area is 72.7 Å². The Morgan fingerprint density at radius 2 is 2.27 bits per heavy atom. The molecule has 0 aliphatic heterocycles. The lowest BCUT2D eigenvalue weighted by Gasteiger charge is -2.00. The molecule has 0 aliphatic rings. The van der Waals surface area contributed by atoms with Crippen molar-refractivity contribution in [3.05, 3.63) is 28.2 Å². The van der Waals surface area contributed by atoms with Crippen LogP contribution in [0.5, 0.6) is 0 Å². The number of hydrogen-bond donors (Lipinski definition) is 2. The Morgan fingerprint density at radius 1 is 1.55 bits per heavy atom. The minimum atomic E-state index is 0.615. The smallest absolute Gasteiger partial charge is 0.151 e. The van der Waals surface area contributed by atoms with Gasteiger partial charge in [-0.25, -0.2) is 0 Å². The SMILES string of the molecule is NNc1ccc(C=O)c(Br)c1. The lowest BCUT2D eigenvalue weighted by Crippen LogP contribution is -2.06. The molecule has 0 amide bonds. The van der Waals surface area contributed by atoms with Crippen LogP contribution in [0.3, 0.4) is 0 Å². The van der Waals surface area contributed by atoms with E-state index in [1.54, 1.807) is 18.2 Å². The van der Waals surface area contributed by atoms with Gasteiger partial charge in [-0.05, 0) is 34.1 Å². The van der Waals surface area contributed by atoms with E-state index in [0.717, 1.165) is 16.4 Å². The molecule has 0 atom stereocenters. The molecule has 3 N–H and O–H groups in total. The van der Waals surface area contributed by atoms with E-state index in [0.29, 0.717) is 5.56 Å². The standard InChI is InChI=1S/C7H7BrN2O/c8-7-3-6(10-9)2-1-5(7)4-11/h1-4,10H,9H2. The van der Waals surface area contributed by atoms with Gasteiger partial charge in [-0.1, -0.05) is 0 Å². The van der Waals surface area contributed by atoms with Crippen LogP contribution in [-0.2, 0) is 0 Å². The topological polar surface area (TPSA) is 55.1 Å². The molecule has 0 spiro atoms. The molecule has 1 aromatic rings. The third-order valence-electron chi connectivity index (χ3n) is 1.29. The first kappa shape index (κ1) is 8.23. The van der Waals surface area contributed by atoms with E-state index in [-0.39, 0.29) is 0 Å². The lowest BCUT2D eigenvalue weighted by molar-refractivity contribution is 0.112. The summed E-state index contributed by atoms with van der Waals surface area (Å²) in [5.74, 6) is 5.15. The maximum absolute atomic E-state index is 10.3. The van der Waals surface area contributed by atoms with E-state index in [4.69, 9.17) is 5.84 Å². The molecular weight excluding hydrogens is 208 g/mol. The number of benzene rings is 1. The summed E-state index contributed by atoms with van der Waals surface area (Å²) < 4.78 is 0.739. The third kappa shape index (κ3) is 1.78. The third-order valence-corrected chi connectivity index (χ3v) is 1.98. The Morgan fingerprint density at radius 3 is 2.73 bits per heavy atom. The van der Waals surface area contributed by atoms with Crippen molar-refractivity contribution < 1.29 is 4.79 Å². The maximum Gasteiger partial charge on any atom is 0.151 e. The fourth-order valence-electron chi connectivity index (χ4n) is 0.712. The molecular formula is C7H7BrN2O. The molecule has 1 aromatic carbocycles. The summed E-state index contributed by atoms with van der Waals surface area (Å²) in [6.07, 6.45) is 0.782. The van der Waals surface area contributed by atoms with E-state index in [2.05, 4.69) is 21.4 Å². The van der Waals surface area contributed by atoms with E-state index in [1.807, 2.05) is 0 Å². The summed E-state index contributed by atoms with van der Waals surface area (Å²) in [6, 6.07) is 5.16. The molecule has 4 heteroatoms. The van der Waals surface area contributed by atoms with Crippen LogP contribution in [0.4, 0.5) is 5.69 Å². The number of hydrazine groups is 1. The summed E-state index contributed by atoms with van der Waals surface area (Å²) in [6.45, 7) is 0. The van der Waals surface area contributed by atoms with Crippen molar-refractivity contribution in [1.29, 1.82) is 0 Å². The van der Waals surface area contributed by atoms with Gasteiger partial charge in [0.25, 0.3) is 0 Å². The van der Waals surface area contributed by atoms with Crippen molar-refractivity contribution in [2.45, 2.75) is 0 Å². The van der Waals surface area contributed by atoms with Crippen molar-refractivity contribution in [3.8, 4) is 0 Å². The zero-order valence-electron chi connectivity index (χ0n) is 5.67. The highest BCUT2D eigenvalue weighted by Gasteiger charge is 1.97. The predicted octanol–water partition coefficient (Wildman–Crippen LogP) is 1.55. The van der Waals surface area contributed by atoms with Gasteiger partial charge in [0.05, 0.1) is 0 Å². The van der Waals surface area contributed by atoms with Crippen LogP contribution >= 0.6 is 15.9 Å². The molecule has 0 saturated heterocycles. The quantitative estimate of drug-likeness (QED) is 0.447. The number of hydrogen-bond acceptors (Lipinski definition) is 3. The average Bonchev–Trinajstić information content (AvgIpc) is 2.04. The molecule has 0 aromatic heterocycles. The van der Waals surface area contributed by atoms with Crippen molar-refractivity contribution in [2.75, 3.05) is 5.43 Å². The van der Waals surface area contributed by atoms with Gasteiger partial charge < -0.3 is 5.43 Å². The molecule has 0 bridgehead atoms. The summed E-state index contributed by atoms with van der Waals surface area (Å²) >= 11 is 3.22. The van der Waals surface area contributed by atoms with Gasteiger partial charge in [0, 0.05) is 15.7 Å². The van der Waals surface area contributed by atoms with Crippen molar-refractivity contribution in [2.24, 2.45) is 5.84 Å². The molecule has 0 unspecified atom stereocenters. The summed E-state index contributed by atoms with van der Waals surface area (Å²) in [5, 5.41) is 0. The number of aldehydes is 1. The van der Waals surface area contributed by atoms with E-state index < -0.39 is 0 Å². The van der Waals surface area contributed by atoms with Gasteiger partial charge in [-0.2, -0.15) is 0 Å². The fraction of sp³-hybridized carbons (Fsp3) is 0. The molecule has 0 fully saturated rings. The van der Waals surface area contributed by atoms with E-state index >= 15 is 0 Å². The summed E-state index contributed by atoms with van der Waals surface area (Å²) in [4.78, 5) is 10.3. The van der Waals surface area contributed by atoms with Crippen LogP contribution in [0.2, 0.25) is 0 Å². The first-order chi connectivity index (χ1) is 5.27. The molecule has 1 rings (SSSR count).